The van der Waals surface area contributed by atoms with E-state index in [0.29, 0.717) is 5.56 Å². The summed E-state index contributed by atoms with van der Waals surface area (Å²) in [5, 5.41) is 0. The smallest absolute Gasteiger partial charge is 0.416 e. The number of benzene rings is 2. The Morgan fingerprint density at radius 2 is 1.77 bits per heavy atom. The van der Waals surface area contributed by atoms with Crippen molar-refractivity contribution < 1.29 is 32.2 Å². The van der Waals surface area contributed by atoms with Crippen molar-refractivity contribution in [2.24, 2.45) is 0 Å². The number of halogens is 3. The number of carbonyl (C=O) groups is 2. The van der Waals surface area contributed by atoms with Crippen LogP contribution in [-0.4, -0.2) is 18.4 Å². The molecule has 2 aromatic rings. The van der Waals surface area contributed by atoms with Gasteiger partial charge in [0.1, 0.15) is 12.4 Å². The molecule has 26 heavy (non-hydrogen) atoms. The van der Waals surface area contributed by atoms with Gasteiger partial charge in [-0.3, -0.25) is 4.79 Å². The van der Waals surface area contributed by atoms with E-state index in [1.165, 1.54) is 37.3 Å². The SMILES string of the molecule is CCOC(=O)c1cc(OCc2cccc(C(F)(F)F)c2)ccc1C(C)=O. The zero-order chi connectivity index (χ0) is 19.3. The first-order chi connectivity index (χ1) is 12.2. The molecule has 0 saturated heterocycles. The van der Waals surface area contributed by atoms with Gasteiger partial charge in [0.25, 0.3) is 0 Å². The summed E-state index contributed by atoms with van der Waals surface area (Å²) < 4.78 is 48.6. The van der Waals surface area contributed by atoms with Gasteiger partial charge in [-0.25, -0.2) is 4.79 Å². The number of ether oxygens (including phenoxy) is 2. The van der Waals surface area contributed by atoms with E-state index in [2.05, 4.69) is 0 Å². The highest BCUT2D eigenvalue weighted by molar-refractivity contribution is 6.05. The van der Waals surface area contributed by atoms with Gasteiger partial charge in [0.2, 0.25) is 0 Å². The van der Waals surface area contributed by atoms with E-state index in [1.54, 1.807) is 6.92 Å². The van der Waals surface area contributed by atoms with Crippen LogP contribution in [0.1, 0.15) is 45.7 Å². The van der Waals surface area contributed by atoms with Gasteiger partial charge >= 0.3 is 12.1 Å². The molecule has 138 valence electrons. The molecule has 0 spiro atoms. The van der Waals surface area contributed by atoms with Crippen molar-refractivity contribution in [3.63, 3.8) is 0 Å². The molecule has 0 amide bonds. The summed E-state index contributed by atoms with van der Waals surface area (Å²) in [6, 6.07) is 9.03. The van der Waals surface area contributed by atoms with Gasteiger partial charge in [-0.15, -0.1) is 0 Å². The highest BCUT2D eigenvalue weighted by Crippen LogP contribution is 2.30. The second kappa shape index (κ2) is 8.03. The molecule has 0 heterocycles. The fourth-order valence-electron chi connectivity index (χ4n) is 2.30. The molecule has 0 aliphatic carbocycles. The second-order valence-electron chi connectivity index (χ2n) is 5.47. The van der Waals surface area contributed by atoms with Crippen molar-refractivity contribution in [3.8, 4) is 5.75 Å². The third-order valence-corrected chi connectivity index (χ3v) is 3.53. The molecule has 2 rings (SSSR count). The van der Waals surface area contributed by atoms with Crippen LogP contribution in [0.2, 0.25) is 0 Å². The summed E-state index contributed by atoms with van der Waals surface area (Å²) in [4.78, 5) is 23.6. The molecular formula is C19H17F3O4. The number of carbonyl (C=O) groups excluding carboxylic acids is 2. The topological polar surface area (TPSA) is 52.6 Å². The van der Waals surface area contributed by atoms with Crippen LogP contribution in [0.3, 0.4) is 0 Å². The molecule has 2 aromatic carbocycles. The van der Waals surface area contributed by atoms with Crippen LogP contribution in [0.25, 0.3) is 0 Å². The van der Waals surface area contributed by atoms with Crippen LogP contribution in [0.15, 0.2) is 42.5 Å². The van der Waals surface area contributed by atoms with Crippen LogP contribution >= 0.6 is 0 Å². The number of hydrogen-bond donors (Lipinski definition) is 0. The average molecular weight is 366 g/mol. The zero-order valence-electron chi connectivity index (χ0n) is 14.2. The maximum Gasteiger partial charge on any atom is 0.416 e. The lowest BCUT2D eigenvalue weighted by Crippen LogP contribution is -2.11. The molecule has 7 heteroatoms. The Bertz CT molecular complexity index is 813. The first-order valence-corrected chi connectivity index (χ1v) is 7.83. The standard InChI is InChI=1S/C19H17F3O4/c1-3-25-18(24)17-10-15(7-8-16(17)12(2)23)26-11-13-5-4-6-14(9-13)19(20,21)22/h4-10H,3,11H2,1-2H3. The van der Waals surface area contributed by atoms with Crippen LogP contribution in [0, 0.1) is 0 Å². The van der Waals surface area contributed by atoms with Crippen molar-refractivity contribution in [1.82, 2.24) is 0 Å². The highest BCUT2D eigenvalue weighted by Gasteiger charge is 2.30. The molecule has 0 fully saturated rings. The van der Waals surface area contributed by atoms with Crippen molar-refractivity contribution in [2.45, 2.75) is 26.6 Å². The fourth-order valence-corrected chi connectivity index (χ4v) is 2.30. The number of ketones is 1. The predicted molar refractivity (Wildman–Crippen MR) is 88.2 cm³/mol. The van der Waals surface area contributed by atoms with Gasteiger partial charge in [0.05, 0.1) is 17.7 Å². The van der Waals surface area contributed by atoms with E-state index in [-0.39, 0.29) is 35.9 Å². The third kappa shape index (κ3) is 4.84. The highest BCUT2D eigenvalue weighted by atomic mass is 19.4. The van der Waals surface area contributed by atoms with Gasteiger partial charge in [0, 0.05) is 5.56 Å². The minimum absolute atomic E-state index is 0.0564. The second-order valence-corrected chi connectivity index (χ2v) is 5.47. The minimum Gasteiger partial charge on any atom is -0.489 e. The molecule has 0 bridgehead atoms. The molecule has 0 unspecified atom stereocenters. The summed E-state index contributed by atoms with van der Waals surface area (Å²) in [6.45, 7) is 2.98. The van der Waals surface area contributed by atoms with E-state index in [1.807, 2.05) is 0 Å². The molecule has 0 N–H and O–H groups in total. The van der Waals surface area contributed by atoms with Gasteiger partial charge < -0.3 is 9.47 Å². The number of Topliss-reactive ketones (excluding diaryl/α,β-unsaturated/α-hetero) is 1. The summed E-state index contributed by atoms with van der Waals surface area (Å²) in [5.74, 6) is -0.727. The van der Waals surface area contributed by atoms with E-state index < -0.39 is 17.7 Å². The van der Waals surface area contributed by atoms with Crippen molar-refractivity contribution in [2.75, 3.05) is 6.61 Å². The molecule has 0 radical (unpaired) electrons. The Morgan fingerprint density at radius 1 is 1.04 bits per heavy atom. The number of esters is 1. The molecule has 0 aliphatic rings. The first kappa shape index (κ1) is 19.5. The van der Waals surface area contributed by atoms with E-state index in [0.717, 1.165) is 12.1 Å². The van der Waals surface area contributed by atoms with Crippen molar-refractivity contribution in [3.05, 3.63) is 64.7 Å². The molecule has 0 atom stereocenters. The van der Waals surface area contributed by atoms with E-state index in [4.69, 9.17) is 9.47 Å². The average Bonchev–Trinajstić information content (AvgIpc) is 2.59. The lowest BCUT2D eigenvalue weighted by molar-refractivity contribution is -0.137. The number of hydrogen-bond acceptors (Lipinski definition) is 4. The molecular weight excluding hydrogens is 349 g/mol. The van der Waals surface area contributed by atoms with Crippen LogP contribution in [0.5, 0.6) is 5.75 Å². The zero-order valence-corrected chi connectivity index (χ0v) is 14.2. The van der Waals surface area contributed by atoms with Crippen molar-refractivity contribution >= 4 is 11.8 Å². The van der Waals surface area contributed by atoms with Gasteiger partial charge in [-0.2, -0.15) is 13.2 Å². The Kier molecular flexibility index (Phi) is 6.02. The molecule has 0 aromatic heterocycles. The lowest BCUT2D eigenvalue weighted by atomic mass is 10.0. The maximum absolute atomic E-state index is 12.7. The Labute approximate surface area is 148 Å². The van der Waals surface area contributed by atoms with Gasteiger partial charge in [-0.1, -0.05) is 12.1 Å². The molecule has 0 saturated carbocycles. The predicted octanol–water partition coefficient (Wildman–Crippen LogP) is 4.66. The summed E-state index contributed by atoms with van der Waals surface area (Å²) in [5.41, 5.74) is -0.193. The monoisotopic (exact) mass is 366 g/mol. The quantitative estimate of drug-likeness (QED) is 0.551. The number of alkyl halides is 3. The Hall–Kier alpha value is -2.83. The molecule has 0 aliphatic heterocycles. The van der Waals surface area contributed by atoms with Gasteiger partial charge in [0.15, 0.2) is 5.78 Å². The largest absolute Gasteiger partial charge is 0.489 e. The molecule has 4 nitrogen and oxygen atoms in total. The van der Waals surface area contributed by atoms with Crippen LogP contribution < -0.4 is 4.74 Å². The Morgan fingerprint density at radius 3 is 2.38 bits per heavy atom. The van der Waals surface area contributed by atoms with Crippen molar-refractivity contribution in [1.29, 1.82) is 0 Å². The number of rotatable bonds is 6. The third-order valence-electron chi connectivity index (χ3n) is 3.53. The minimum atomic E-state index is -4.43. The lowest BCUT2D eigenvalue weighted by Gasteiger charge is -2.12. The fraction of sp³-hybridized carbons (Fsp3) is 0.263. The van der Waals surface area contributed by atoms with Crippen LogP contribution in [-0.2, 0) is 17.5 Å². The van der Waals surface area contributed by atoms with E-state index >= 15 is 0 Å². The summed E-state index contributed by atoms with van der Waals surface area (Å²) >= 11 is 0. The normalized spacial score (nSPS) is 11.1. The van der Waals surface area contributed by atoms with Crippen LogP contribution in [0.4, 0.5) is 13.2 Å². The Balaban J connectivity index is 2.21. The van der Waals surface area contributed by atoms with E-state index in [9.17, 15) is 22.8 Å². The first-order valence-electron chi connectivity index (χ1n) is 7.83. The summed E-state index contributed by atoms with van der Waals surface area (Å²) in [7, 11) is 0. The maximum atomic E-state index is 12.7. The van der Waals surface area contributed by atoms with Gasteiger partial charge in [-0.05, 0) is 49.7 Å². The summed E-state index contributed by atoms with van der Waals surface area (Å²) in [6.07, 6.45) is -4.43.